The number of halogens is 1. The Labute approximate surface area is 152 Å². The highest BCUT2D eigenvalue weighted by molar-refractivity contribution is 7.18. The van der Waals surface area contributed by atoms with Gasteiger partial charge < -0.3 is 14.6 Å². The number of fused-ring (bicyclic) bond motifs is 1. The third-order valence-corrected chi connectivity index (χ3v) is 5.24. The summed E-state index contributed by atoms with van der Waals surface area (Å²) in [4.78, 5) is 27.0. The summed E-state index contributed by atoms with van der Waals surface area (Å²) in [5.74, 6) is -0.105. The Hall–Kier alpha value is -2.57. The number of benzene rings is 1. The van der Waals surface area contributed by atoms with Gasteiger partial charge in [0.2, 0.25) is 0 Å². The smallest absolute Gasteiger partial charge is 0.293 e. The molecule has 0 saturated heterocycles. The number of rotatable bonds is 3. The average Bonchev–Trinajstić information content (AvgIpc) is 3.34. The Morgan fingerprint density at radius 1 is 1.20 bits per heavy atom. The lowest BCUT2D eigenvalue weighted by atomic mass is 10.1. The normalized spacial score (nSPS) is 12.9. The number of carbonyl (C=O) groups is 2. The van der Waals surface area contributed by atoms with Crippen molar-refractivity contribution in [2.24, 2.45) is 0 Å². The maximum absolute atomic E-state index is 12.6. The number of hydrogen-bond donors (Lipinski definition) is 1. The van der Waals surface area contributed by atoms with E-state index in [0.29, 0.717) is 27.2 Å². The standard InChI is InChI=1S/C18H13ClN2O3S/c19-16-6-5-15(25-16)17(22)20-12-4-3-11-7-8-21(13(11)10-12)18(23)14-2-1-9-24-14/h1-6,9-10H,7-8H2,(H,20,22). The number of hydrogen-bond acceptors (Lipinski definition) is 4. The van der Waals surface area contributed by atoms with Crippen molar-refractivity contribution in [1.82, 2.24) is 0 Å². The van der Waals surface area contributed by atoms with Crippen LogP contribution in [-0.2, 0) is 6.42 Å². The lowest BCUT2D eigenvalue weighted by molar-refractivity contribution is 0.0962. The van der Waals surface area contributed by atoms with Gasteiger partial charge in [0.25, 0.3) is 11.8 Å². The van der Waals surface area contributed by atoms with Gasteiger partial charge in [-0.1, -0.05) is 17.7 Å². The second kappa shape index (κ2) is 6.38. The molecule has 7 heteroatoms. The quantitative estimate of drug-likeness (QED) is 0.738. The van der Waals surface area contributed by atoms with Crippen LogP contribution in [0.3, 0.4) is 0 Å². The summed E-state index contributed by atoms with van der Waals surface area (Å²) in [6.45, 7) is 0.590. The molecule has 3 aromatic rings. The Kier molecular flexibility index (Phi) is 4.07. The average molecular weight is 373 g/mol. The molecular weight excluding hydrogens is 360 g/mol. The highest BCUT2D eigenvalue weighted by Gasteiger charge is 2.27. The molecule has 3 heterocycles. The van der Waals surface area contributed by atoms with E-state index in [1.807, 2.05) is 18.2 Å². The van der Waals surface area contributed by atoms with Crippen LogP contribution in [0.5, 0.6) is 0 Å². The minimum atomic E-state index is -0.223. The van der Waals surface area contributed by atoms with Crippen molar-refractivity contribution in [3.63, 3.8) is 0 Å². The molecule has 0 aliphatic carbocycles. The molecule has 1 aromatic carbocycles. The summed E-state index contributed by atoms with van der Waals surface area (Å²) in [5.41, 5.74) is 2.49. The van der Waals surface area contributed by atoms with Gasteiger partial charge in [0.05, 0.1) is 15.5 Å². The molecule has 25 heavy (non-hydrogen) atoms. The molecule has 0 atom stereocenters. The van der Waals surface area contributed by atoms with Crippen LogP contribution in [0.2, 0.25) is 4.34 Å². The number of furan rings is 1. The molecule has 1 aliphatic heterocycles. The number of anilines is 2. The monoisotopic (exact) mass is 372 g/mol. The largest absolute Gasteiger partial charge is 0.459 e. The van der Waals surface area contributed by atoms with Gasteiger partial charge in [0.1, 0.15) is 0 Å². The first-order chi connectivity index (χ1) is 12.1. The molecule has 0 saturated carbocycles. The summed E-state index contributed by atoms with van der Waals surface area (Å²) in [6, 6.07) is 12.3. The molecule has 126 valence electrons. The van der Waals surface area contributed by atoms with E-state index in [0.717, 1.165) is 17.7 Å². The molecule has 1 N–H and O–H groups in total. The maximum atomic E-state index is 12.6. The van der Waals surface area contributed by atoms with Gasteiger partial charge in [0.15, 0.2) is 5.76 Å². The van der Waals surface area contributed by atoms with Gasteiger partial charge in [-0.2, -0.15) is 0 Å². The van der Waals surface area contributed by atoms with E-state index >= 15 is 0 Å². The third-order valence-electron chi connectivity index (χ3n) is 4.01. The van der Waals surface area contributed by atoms with Crippen LogP contribution in [0.15, 0.2) is 53.1 Å². The second-order valence-electron chi connectivity index (χ2n) is 5.59. The number of nitrogens with zero attached hydrogens (tertiary/aromatic N) is 1. The van der Waals surface area contributed by atoms with Crippen LogP contribution in [-0.4, -0.2) is 18.4 Å². The first kappa shape index (κ1) is 15.9. The van der Waals surface area contributed by atoms with Crippen molar-refractivity contribution in [3.05, 3.63) is 69.3 Å². The number of thiophene rings is 1. The lowest BCUT2D eigenvalue weighted by Gasteiger charge is -2.16. The minimum Gasteiger partial charge on any atom is -0.459 e. The van der Waals surface area contributed by atoms with E-state index in [-0.39, 0.29) is 11.8 Å². The zero-order valence-electron chi connectivity index (χ0n) is 13.0. The molecular formula is C18H13ClN2O3S. The van der Waals surface area contributed by atoms with E-state index in [1.165, 1.54) is 17.6 Å². The molecule has 1 aliphatic rings. The summed E-state index contributed by atoms with van der Waals surface area (Å²) in [7, 11) is 0. The molecule has 2 aromatic heterocycles. The molecule has 0 bridgehead atoms. The molecule has 0 fully saturated rings. The van der Waals surface area contributed by atoms with Crippen LogP contribution < -0.4 is 10.2 Å². The third kappa shape index (κ3) is 3.06. The summed E-state index contributed by atoms with van der Waals surface area (Å²) in [5, 5.41) is 2.85. The predicted octanol–water partition coefficient (Wildman–Crippen LogP) is 4.45. The van der Waals surface area contributed by atoms with Crippen molar-refractivity contribution >= 4 is 46.1 Å². The number of carbonyl (C=O) groups excluding carboxylic acids is 2. The fourth-order valence-electron chi connectivity index (χ4n) is 2.83. The fourth-order valence-corrected chi connectivity index (χ4v) is 3.77. The molecule has 0 spiro atoms. The first-order valence-electron chi connectivity index (χ1n) is 7.67. The Morgan fingerprint density at radius 2 is 2.08 bits per heavy atom. The Bertz CT molecular complexity index is 949. The van der Waals surface area contributed by atoms with Crippen LogP contribution in [0, 0.1) is 0 Å². The molecule has 4 rings (SSSR count). The highest BCUT2D eigenvalue weighted by Crippen LogP contribution is 2.32. The predicted molar refractivity (Wildman–Crippen MR) is 97.8 cm³/mol. The van der Waals surface area contributed by atoms with Gasteiger partial charge in [-0.3, -0.25) is 9.59 Å². The molecule has 5 nitrogen and oxygen atoms in total. The van der Waals surface area contributed by atoms with Crippen LogP contribution in [0.1, 0.15) is 25.8 Å². The van der Waals surface area contributed by atoms with Crippen LogP contribution in [0.4, 0.5) is 11.4 Å². The van der Waals surface area contributed by atoms with Crippen molar-refractivity contribution in [3.8, 4) is 0 Å². The van der Waals surface area contributed by atoms with Gasteiger partial charge >= 0.3 is 0 Å². The summed E-state index contributed by atoms with van der Waals surface area (Å²) >= 11 is 7.09. The number of nitrogens with one attached hydrogen (secondary N) is 1. The Morgan fingerprint density at radius 3 is 2.80 bits per heavy atom. The van der Waals surface area contributed by atoms with Gasteiger partial charge in [-0.25, -0.2) is 0 Å². The lowest BCUT2D eigenvalue weighted by Crippen LogP contribution is -2.28. The second-order valence-corrected chi connectivity index (χ2v) is 7.30. The summed E-state index contributed by atoms with van der Waals surface area (Å²) in [6.07, 6.45) is 2.25. The SMILES string of the molecule is O=C(Nc1ccc2c(c1)N(C(=O)c1ccco1)CC2)c1ccc(Cl)s1. The van der Waals surface area contributed by atoms with E-state index in [4.69, 9.17) is 16.0 Å². The van der Waals surface area contributed by atoms with Gasteiger partial charge in [-0.05, 0) is 48.4 Å². The highest BCUT2D eigenvalue weighted by atomic mass is 35.5. The van der Waals surface area contributed by atoms with Crippen molar-refractivity contribution < 1.29 is 14.0 Å². The van der Waals surface area contributed by atoms with E-state index in [1.54, 1.807) is 29.2 Å². The minimum absolute atomic E-state index is 0.183. The number of amides is 2. The molecule has 2 amide bonds. The van der Waals surface area contributed by atoms with Crippen LogP contribution >= 0.6 is 22.9 Å². The zero-order chi connectivity index (χ0) is 17.4. The van der Waals surface area contributed by atoms with Crippen molar-refractivity contribution in [1.29, 1.82) is 0 Å². The zero-order valence-corrected chi connectivity index (χ0v) is 14.6. The Balaban J connectivity index is 1.58. The topological polar surface area (TPSA) is 62.6 Å². The van der Waals surface area contributed by atoms with E-state index < -0.39 is 0 Å². The van der Waals surface area contributed by atoms with Gasteiger partial charge in [-0.15, -0.1) is 11.3 Å². The first-order valence-corrected chi connectivity index (χ1v) is 8.86. The fraction of sp³-hybridized carbons (Fsp3) is 0.111. The van der Waals surface area contributed by atoms with Crippen LogP contribution in [0.25, 0.3) is 0 Å². The summed E-state index contributed by atoms with van der Waals surface area (Å²) < 4.78 is 5.77. The van der Waals surface area contributed by atoms with Crippen molar-refractivity contribution in [2.45, 2.75) is 6.42 Å². The van der Waals surface area contributed by atoms with Gasteiger partial charge in [0, 0.05) is 17.9 Å². The molecule has 0 radical (unpaired) electrons. The molecule has 0 unspecified atom stereocenters. The maximum Gasteiger partial charge on any atom is 0.293 e. The van der Waals surface area contributed by atoms with E-state index in [2.05, 4.69) is 5.32 Å². The van der Waals surface area contributed by atoms with Crippen molar-refractivity contribution in [2.75, 3.05) is 16.8 Å². The van der Waals surface area contributed by atoms with E-state index in [9.17, 15) is 9.59 Å².